The molecule has 30 heavy (non-hydrogen) atoms. The minimum absolute atomic E-state index is 0. The average molecular weight is 520 g/mol. The van der Waals surface area contributed by atoms with Gasteiger partial charge in [-0.25, -0.2) is 0 Å². The van der Waals surface area contributed by atoms with Gasteiger partial charge in [0.1, 0.15) is 11.3 Å². The van der Waals surface area contributed by atoms with E-state index in [1.807, 2.05) is 49.4 Å². The molecule has 0 unspecified atom stereocenters. The summed E-state index contributed by atoms with van der Waals surface area (Å²) in [6, 6.07) is 17.8. The van der Waals surface area contributed by atoms with Crippen LogP contribution in [0.5, 0.6) is 0 Å². The summed E-state index contributed by atoms with van der Waals surface area (Å²) in [4.78, 5) is 16.4. The number of carbonyl (C=O) groups excluding carboxylic acids is 1. The van der Waals surface area contributed by atoms with Crippen LogP contribution in [0.1, 0.15) is 28.6 Å². The van der Waals surface area contributed by atoms with Crippen molar-refractivity contribution < 1.29 is 9.21 Å². The molecule has 0 atom stereocenters. The number of halogens is 1. The summed E-state index contributed by atoms with van der Waals surface area (Å²) < 4.78 is 5.85. The van der Waals surface area contributed by atoms with E-state index in [4.69, 9.17) is 4.42 Å². The number of benzene rings is 2. The fourth-order valence-electron chi connectivity index (χ4n) is 3.12. The Labute approximate surface area is 194 Å². The third-order valence-corrected chi connectivity index (χ3v) is 4.57. The van der Waals surface area contributed by atoms with Crippen LogP contribution in [-0.2, 0) is 12.8 Å². The van der Waals surface area contributed by atoms with Crippen LogP contribution < -0.4 is 16.0 Å². The van der Waals surface area contributed by atoms with Gasteiger partial charge in [-0.2, -0.15) is 0 Å². The van der Waals surface area contributed by atoms with E-state index in [9.17, 15) is 4.79 Å². The molecule has 0 aliphatic rings. The van der Waals surface area contributed by atoms with Crippen LogP contribution in [0.3, 0.4) is 0 Å². The van der Waals surface area contributed by atoms with Gasteiger partial charge in [-0.15, -0.1) is 24.0 Å². The standard InChI is InChI=1S/C23H28N4O2.HI/c1-3-25-23(26-13-11-17-7-6-9-19(15-17)22(28)24-2)27-14-12-20-16-18-8-4-5-10-21(18)29-20;/h4-10,15-16H,3,11-14H2,1-2H3,(H,24,28)(H2,25,26,27);1H. The lowest BCUT2D eigenvalue weighted by Gasteiger charge is -2.11. The number of aliphatic imine (C=N–C) groups is 1. The van der Waals surface area contributed by atoms with Crippen molar-refractivity contribution in [2.75, 3.05) is 26.7 Å². The Hall–Kier alpha value is -2.55. The second-order valence-corrected chi connectivity index (χ2v) is 6.72. The Balaban J connectivity index is 0.00000320. The van der Waals surface area contributed by atoms with E-state index >= 15 is 0 Å². The summed E-state index contributed by atoms with van der Waals surface area (Å²) in [6.45, 7) is 4.21. The Morgan fingerprint density at radius 1 is 1.03 bits per heavy atom. The molecule has 0 saturated heterocycles. The molecule has 0 aliphatic heterocycles. The molecule has 0 saturated carbocycles. The number of hydrogen-bond donors (Lipinski definition) is 3. The summed E-state index contributed by atoms with van der Waals surface area (Å²) in [5.41, 5.74) is 2.70. The summed E-state index contributed by atoms with van der Waals surface area (Å²) in [6.07, 6.45) is 1.55. The number of furan rings is 1. The first kappa shape index (κ1) is 23.7. The molecule has 0 bridgehead atoms. The van der Waals surface area contributed by atoms with E-state index in [1.54, 1.807) is 7.05 Å². The first-order chi connectivity index (χ1) is 14.2. The Morgan fingerprint density at radius 3 is 2.63 bits per heavy atom. The van der Waals surface area contributed by atoms with Crippen LogP contribution in [0, 0.1) is 0 Å². The number of nitrogens with zero attached hydrogens (tertiary/aromatic N) is 1. The van der Waals surface area contributed by atoms with E-state index in [2.05, 4.69) is 33.1 Å². The maximum absolute atomic E-state index is 11.8. The number of guanidine groups is 1. The van der Waals surface area contributed by atoms with Crippen LogP contribution >= 0.6 is 24.0 Å². The van der Waals surface area contributed by atoms with Gasteiger partial charge >= 0.3 is 0 Å². The Morgan fingerprint density at radius 2 is 1.87 bits per heavy atom. The highest BCUT2D eigenvalue weighted by atomic mass is 127. The lowest BCUT2D eigenvalue weighted by molar-refractivity contribution is 0.0963. The zero-order chi connectivity index (χ0) is 20.5. The largest absolute Gasteiger partial charge is 0.461 e. The monoisotopic (exact) mass is 520 g/mol. The highest BCUT2D eigenvalue weighted by Crippen LogP contribution is 2.18. The maximum Gasteiger partial charge on any atom is 0.251 e. The third kappa shape index (κ3) is 6.76. The predicted octanol–water partition coefficient (Wildman–Crippen LogP) is 3.75. The molecule has 3 N–H and O–H groups in total. The molecular formula is C23H29IN4O2. The molecule has 2 aromatic carbocycles. The topological polar surface area (TPSA) is 78.7 Å². The molecule has 1 aromatic heterocycles. The summed E-state index contributed by atoms with van der Waals surface area (Å²) in [7, 11) is 1.64. The minimum Gasteiger partial charge on any atom is -0.461 e. The molecule has 0 fully saturated rings. The molecular weight excluding hydrogens is 491 g/mol. The Bertz CT molecular complexity index is 951. The molecule has 160 valence electrons. The van der Waals surface area contributed by atoms with E-state index in [-0.39, 0.29) is 29.9 Å². The summed E-state index contributed by atoms with van der Waals surface area (Å²) in [5.74, 6) is 1.66. The quantitative estimate of drug-likeness (QED) is 0.240. The van der Waals surface area contributed by atoms with E-state index in [0.29, 0.717) is 12.1 Å². The zero-order valence-corrected chi connectivity index (χ0v) is 19.7. The van der Waals surface area contributed by atoms with Gasteiger partial charge in [0, 0.05) is 44.1 Å². The van der Waals surface area contributed by atoms with Crippen molar-refractivity contribution in [2.24, 2.45) is 4.99 Å². The van der Waals surface area contributed by atoms with Crippen molar-refractivity contribution in [3.8, 4) is 0 Å². The molecule has 0 aliphatic carbocycles. The number of nitrogens with one attached hydrogen (secondary N) is 3. The summed E-state index contributed by atoms with van der Waals surface area (Å²) in [5, 5.41) is 10.4. The number of rotatable bonds is 8. The fraction of sp³-hybridized carbons (Fsp3) is 0.304. The summed E-state index contributed by atoms with van der Waals surface area (Å²) >= 11 is 0. The highest BCUT2D eigenvalue weighted by Gasteiger charge is 2.05. The van der Waals surface area contributed by atoms with Crippen molar-refractivity contribution in [3.05, 3.63) is 71.5 Å². The third-order valence-electron chi connectivity index (χ3n) is 4.57. The van der Waals surface area contributed by atoms with Gasteiger partial charge < -0.3 is 20.4 Å². The first-order valence-corrected chi connectivity index (χ1v) is 10.00. The molecule has 7 heteroatoms. The molecule has 0 radical (unpaired) electrons. The lowest BCUT2D eigenvalue weighted by atomic mass is 10.1. The second-order valence-electron chi connectivity index (χ2n) is 6.72. The molecule has 1 amide bonds. The average Bonchev–Trinajstić information content (AvgIpc) is 3.16. The van der Waals surface area contributed by atoms with Crippen molar-refractivity contribution in [2.45, 2.75) is 19.8 Å². The van der Waals surface area contributed by atoms with Crippen molar-refractivity contribution in [1.82, 2.24) is 16.0 Å². The molecule has 3 rings (SSSR count). The fourth-order valence-corrected chi connectivity index (χ4v) is 3.12. The molecule has 6 nitrogen and oxygen atoms in total. The van der Waals surface area contributed by atoms with Gasteiger partial charge in [0.25, 0.3) is 5.91 Å². The van der Waals surface area contributed by atoms with E-state index in [1.165, 1.54) is 0 Å². The molecule has 0 spiro atoms. The van der Waals surface area contributed by atoms with E-state index < -0.39 is 0 Å². The van der Waals surface area contributed by atoms with Crippen molar-refractivity contribution >= 4 is 46.8 Å². The van der Waals surface area contributed by atoms with Gasteiger partial charge in [-0.1, -0.05) is 30.3 Å². The molecule has 3 aromatic rings. The van der Waals surface area contributed by atoms with E-state index in [0.717, 1.165) is 54.2 Å². The smallest absolute Gasteiger partial charge is 0.251 e. The number of para-hydroxylation sites is 1. The Kier molecular flexibility index (Phi) is 9.66. The van der Waals surface area contributed by atoms with Gasteiger partial charge in [0.05, 0.1) is 0 Å². The number of fused-ring (bicyclic) bond motifs is 1. The molecule has 1 heterocycles. The lowest BCUT2D eigenvalue weighted by Crippen LogP contribution is -2.38. The van der Waals surface area contributed by atoms with Gasteiger partial charge in [-0.05, 0) is 43.2 Å². The van der Waals surface area contributed by atoms with Crippen LogP contribution in [0.25, 0.3) is 11.0 Å². The van der Waals surface area contributed by atoms with Crippen LogP contribution in [-0.4, -0.2) is 38.5 Å². The van der Waals surface area contributed by atoms with Gasteiger partial charge in [0.2, 0.25) is 0 Å². The highest BCUT2D eigenvalue weighted by molar-refractivity contribution is 14.0. The normalized spacial score (nSPS) is 11.1. The van der Waals surface area contributed by atoms with Crippen LogP contribution in [0.2, 0.25) is 0 Å². The van der Waals surface area contributed by atoms with Gasteiger partial charge in [-0.3, -0.25) is 9.79 Å². The minimum atomic E-state index is -0.0692. The first-order valence-electron chi connectivity index (χ1n) is 10.00. The number of hydrogen-bond acceptors (Lipinski definition) is 3. The van der Waals surface area contributed by atoms with Crippen molar-refractivity contribution in [3.63, 3.8) is 0 Å². The predicted molar refractivity (Wildman–Crippen MR) is 133 cm³/mol. The number of amides is 1. The SMILES string of the molecule is CCNC(=NCCc1cc2ccccc2o1)NCCc1cccc(C(=O)NC)c1.I. The van der Waals surface area contributed by atoms with Crippen LogP contribution in [0.4, 0.5) is 0 Å². The van der Waals surface area contributed by atoms with Crippen LogP contribution in [0.15, 0.2) is 64.0 Å². The maximum atomic E-state index is 11.8. The second kappa shape index (κ2) is 12.2. The number of carbonyl (C=O) groups is 1. The van der Waals surface area contributed by atoms with Gasteiger partial charge in [0.15, 0.2) is 5.96 Å². The zero-order valence-electron chi connectivity index (χ0n) is 17.4. The van der Waals surface area contributed by atoms with Crippen molar-refractivity contribution in [1.29, 1.82) is 0 Å².